The molecular formula is C21H18ClF3N6O. The highest BCUT2D eigenvalue weighted by molar-refractivity contribution is 6.30. The van der Waals surface area contributed by atoms with Crippen molar-refractivity contribution in [1.82, 2.24) is 25.0 Å². The quantitative estimate of drug-likeness (QED) is 0.415. The minimum Gasteiger partial charge on any atom is -0.403 e. The molecule has 0 saturated heterocycles. The van der Waals surface area contributed by atoms with Crippen LogP contribution in [0.25, 0.3) is 16.6 Å². The van der Waals surface area contributed by atoms with E-state index in [1.54, 1.807) is 20.0 Å². The average Bonchev–Trinajstić information content (AvgIpc) is 3.06. The molecule has 0 unspecified atom stereocenters. The van der Waals surface area contributed by atoms with Crippen molar-refractivity contribution in [2.45, 2.75) is 26.8 Å². The van der Waals surface area contributed by atoms with Crippen molar-refractivity contribution in [3.05, 3.63) is 64.7 Å². The van der Waals surface area contributed by atoms with Gasteiger partial charge in [-0.1, -0.05) is 17.7 Å². The summed E-state index contributed by atoms with van der Waals surface area (Å²) in [6.45, 7) is 3.97. The molecule has 3 aromatic heterocycles. The standard InChI is InChI=1S/C21H18ClF3N6O/c1-12-18-13(2)31(16-8-7-14(22)10-17(16)32-21(23,24)25)29-19(18)20(28-27-12)30(3)11-15-6-4-5-9-26-15/h4-10H,11H2,1-3H3. The zero-order valence-electron chi connectivity index (χ0n) is 17.4. The van der Waals surface area contributed by atoms with Gasteiger partial charge in [-0.05, 0) is 38.1 Å². The number of nitrogens with zero attached hydrogens (tertiary/aromatic N) is 6. The lowest BCUT2D eigenvalue weighted by atomic mass is 10.2. The van der Waals surface area contributed by atoms with Gasteiger partial charge in [0.1, 0.15) is 11.2 Å². The lowest BCUT2D eigenvalue weighted by Crippen LogP contribution is -2.19. The number of ether oxygens (including phenoxy) is 1. The molecule has 11 heteroatoms. The molecule has 0 aliphatic carbocycles. The SMILES string of the molecule is Cc1nnc(N(C)Cc2ccccn2)c2nn(-c3ccc(Cl)cc3OC(F)(F)F)c(C)c12. The van der Waals surface area contributed by atoms with Crippen molar-refractivity contribution < 1.29 is 17.9 Å². The number of hydrogen-bond donors (Lipinski definition) is 0. The summed E-state index contributed by atoms with van der Waals surface area (Å²) in [6.07, 6.45) is -3.19. The summed E-state index contributed by atoms with van der Waals surface area (Å²) in [4.78, 5) is 6.15. The van der Waals surface area contributed by atoms with Gasteiger partial charge in [0.2, 0.25) is 0 Å². The fraction of sp³-hybridized carbons (Fsp3) is 0.238. The number of benzene rings is 1. The van der Waals surface area contributed by atoms with Gasteiger partial charge in [0.05, 0.1) is 29.0 Å². The molecule has 0 radical (unpaired) electrons. The van der Waals surface area contributed by atoms with Crippen LogP contribution in [-0.4, -0.2) is 38.4 Å². The Hall–Kier alpha value is -3.40. The second-order valence-corrected chi connectivity index (χ2v) is 7.60. The van der Waals surface area contributed by atoms with Crippen molar-refractivity contribution >= 4 is 28.3 Å². The van der Waals surface area contributed by atoms with Gasteiger partial charge in [-0.15, -0.1) is 18.3 Å². The van der Waals surface area contributed by atoms with Crippen LogP contribution in [-0.2, 0) is 6.54 Å². The predicted octanol–water partition coefficient (Wildman–Crippen LogP) is 5.02. The number of alkyl halides is 3. The molecule has 0 saturated carbocycles. The Kier molecular flexibility index (Phi) is 5.64. The summed E-state index contributed by atoms with van der Waals surface area (Å²) in [5.74, 6) is 0.0215. The van der Waals surface area contributed by atoms with Crippen LogP contribution < -0.4 is 9.64 Å². The second kappa shape index (κ2) is 8.27. The van der Waals surface area contributed by atoms with E-state index in [-0.39, 0.29) is 10.7 Å². The highest BCUT2D eigenvalue weighted by Gasteiger charge is 2.33. The summed E-state index contributed by atoms with van der Waals surface area (Å²) < 4.78 is 44.6. The minimum atomic E-state index is -4.88. The first-order valence-electron chi connectivity index (χ1n) is 9.53. The summed E-state index contributed by atoms with van der Waals surface area (Å²) in [6, 6.07) is 9.60. The van der Waals surface area contributed by atoms with Crippen LogP contribution in [0.5, 0.6) is 5.75 Å². The van der Waals surface area contributed by atoms with Gasteiger partial charge < -0.3 is 9.64 Å². The van der Waals surface area contributed by atoms with E-state index < -0.39 is 12.1 Å². The number of fused-ring (bicyclic) bond motifs is 1. The summed E-state index contributed by atoms with van der Waals surface area (Å²) in [5, 5.41) is 13.9. The van der Waals surface area contributed by atoms with E-state index in [0.29, 0.717) is 34.7 Å². The van der Waals surface area contributed by atoms with Gasteiger partial charge in [-0.2, -0.15) is 10.2 Å². The highest BCUT2D eigenvalue weighted by atomic mass is 35.5. The normalized spacial score (nSPS) is 11.7. The Morgan fingerprint density at radius 1 is 1.12 bits per heavy atom. The van der Waals surface area contributed by atoms with Crippen molar-refractivity contribution in [3.8, 4) is 11.4 Å². The molecule has 0 spiro atoms. The van der Waals surface area contributed by atoms with Gasteiger partial charge in [0.25, 0.3) is 0 Å². The molecule has 32 heavy (non-hydrogen) atoms. The molecule has 0 atom stereocenters. The number of anilines is 1. The predicted molar refractivity (Wildman–Crippen MR) is 114 cm³/mol. The number of aryl methyl sites for hydroxylation is 2. The van der Waals surface area contributed by atoms with Crippen LogP contribution in [0.2, 0.25) is 5.02 Å². The average molecular weight is 463 g/mol. The van der Waals surface area contributed by atoms with E-state index >= 15 is 0 Å². The summed E-state index contributed by atoms with van der Waals surface area (Å²) >= 11 is 5.91. The zero-order valence-corrected chi connectivity index (χ0v) is 18.1. The first-order valence-corrected chi connectivity index (χ1v) is 9.91. The maximum atomic E-state index is 13.0. The zero-order chi connectivity index (χ0) is 23.0. The van der Waals surface area contributed by atoms with Crippen LogP contribution >= 0.6 is 11.6 Å². The van der Waals surface area contributed by atoms with Gasteiger partial charge >= 0.3 is 6.36 Å². The topological polar surface area (TPSA) is 69.0 Å². The highest BCUT2D eigenvalue weighted by Crippen LogP contribution is 2.35. The maximum Gasteiger partial charge on any atom is 0.573 e. The molecule has 0 aliphatic heterocycles. The Morgan fingerprint density at radius 3 is 2.59 bits per heavy atom. The molecule has 166 valence electrons. The molecular weight excluding hydrogens is 445 g/mol. The number of hydrogen-bond acceptors (Lipinski definition) is 6. The molecule has 0 bridgehead atoms. The Bertz CT molecular complexity index is 1280. The molecule has 0 N–H and O–H groups in total. The van der Waals surface area contributed by atoms with Gasteiger partial charge in [-0.3, -0.25) is 4.98 Å². The maximum absolute atomic E-state index is 13.0. The van der Waals surface area contributed by atoms with Gasteiger partial charge in [0.15, 0.2) is 11.6 Å². The van der Waals surface area contributed by atoms with E-state index in [0.717, 1.165) is 11.8 Å². The monoisotopic (exact) mass is 462 g/mol. The lowest BCUT2D eigenvalue weighted by molar-refractivity contribution is -0.274. The largest absolute Gasteiger partial charge is 0.573 e. The van der Waals surface area contributed by atoms with Crippen molar-refractivity contribution in [3.63, 3.8) is 0 Å². The van der Waals surface area contributed by atoms with Crippen molar-refractivity contribution in [2.24, 2.45) is 0 Å². The second-order valence-electron chi connectivity index (χ2n) is 7.17. The Balaban J connectivity index is 1.85. The summed E-state index contributed by atoms with van der Waals surface area (Å²) in [7, 11) is 1.82. The lowest BCUT2D eigenvalue weighted by Gasteiger charge is -2.17. The van der Waals surface area contributed by atoms with Crippen LogP contribution in [0.4, 0.5) is 19.0 Å². The van der Waals surface area contributed by atoms with E-state index in [4.69, 9.17) is 11.6 Å². The van der Waals surface area contributed by atoms with Gasteiger partial charge in [0, 0.05) is 24.3 Å². The first-order chi connectivity index (χ1) is 15.1. The van der Waals surface area contributed by atoms with Crippen molar-refractivity contribution in [1.29, 1.82) is 0 Å². The molecule has 7 nitrogen and oxygen atoms in total. The third kappa shape index (κ3) is 4.31. The third-order valence-electron chi connectivity index (χ3n) is 4.85. The van der Waals surface area contributed by atoms with E-state index in [1.165, 1.54) is 16.8 Å². The molecule has 1 aromatic carbocycles. The fourth-order valence-corrected chi connectivity index (χ4v) is 3.64. The van der Waals surface area contributed by atoms with Crippen LogP contribution in [0.15, 0.2) is 42.6 Å². The van der Waals surface area contributed by atoms with E-state index in [9.17, 15) is 13.2 Å². The molecule has 0 amide bonds. The summed E-state index contributed by atoms with van der Waals surface area (Å²) in [5.41, 5.74) is 2.61. The third-order valence-corrected chi connectivity index (χ3v) is 5.08. The number of halogens is 4. The molecule has 3 heterocycles. The smallest absolute Gasteiger partial charge is 0.403 e. The fourth-order valence-electron chi connectivity index (χ4n) is 3.48. The number of aromatic nitrogens is 5. The van der Waals surface area contributed by atoms with Gasteiger partial charge in [-0.25, -0.2) is 4.68 Å². The molecule has 4 rings (SSSR count). The van der Waals surface area contributed by atoms with E-state index in [1.807, 2.05) is 30.1 Å². The first kappa shape index (κ1) is 21.8. The number of pyridine rings is 1. The van der Waals surface area contributed by atoms with Crippen LogP contribution in [0, 0.1) is 13.8 Å². The minimum absolute atomic E-state index is 0.0955. The Labute approximate surface area is 186 Å². The van der Waals surface area contributed by atoms with E-state index in [2.05, 4.69) is 25.0 Å². The molecule has 0 fully saturated rings. The number of rotatable bonds is 5. The Morgan fingerprint density at radius 2 is 1.91 bits per heavy atom. The molecule has 4 aromatic rings. The molecule has 0 aliphatic rings. The van der Waals surface area contributed by atoms with Crippen LogP contribution in [0.1, 0.15) is 17.1 Å². The van der Waals surface area contributed by atoms with Crippen LogP contribution in [0.3, 0.4) is 0 Å². The van der Waals surface area contributed by atoms with Crippen molar-refractivity contribution in [2.75, 3.05) is 11.9 Å².